The highest BCUT2D eigenvalue weighted by Crippen LogP contribution is 2.26. The van der Waals surface area contributed by atoms with E-state index in [1.807, 2.05) is 42.2 Å². The maximum Gasteiger partial charge on any atom is 0.322 e. The highest BCUT2D eigenvalue weighted by Gasteiger charge is 2.38. The number of carbonyl (C=O) groups excluding carboxylic acids is 3. The molecule has 4 rings (SSSR count). The van der Waals surface area contributed by atoms with E-state index < -0.39 is 6.04 Å². The molecule has 0 aliphatic carbocycles. The van der Waals surface area contributed by atoms with Gasteiger partial charge in [0.2, 0.25) is 11.8 Å². The Kier molecular flexibility index (Phi) is 9.85. The molecule has 2 aliphatic rings. The number of urea groups is 1. The average Bonchev–Trinajstić information content (AvgIpc) is 3.46. The topological polar surface area (TPSA) is 91.0 Å². The molecule has 39 heavy (non-hydrogen) atoms. The number of benzene rings is 2. The van der Waals surface area contributed by atoms with Crippen molar-refractivity contribution < 1.29 is 19.1 Å². The van der Waals surface area contributed by atoms with E-state index in [0.29, 0.717) is 45.4 Å². The lowest BCUT2D eigenvalue weighted by atomic mass is 9.95. The lowest BCUT2D eigenvalue weighted by molar-refractivity contribution is -0.138. The predicted octanol–water partition coefficient (Wildman–Crippen LogP) is 4.90. The summed E-state index contributed by atoms with van der Waals surface area (Å²) in [6.45, 7) is 6.26. The number of nitrogens with zero attached hydrogens (tertiary/aromatic N) is 2. The molecule has 0 spiro atoms. The van der Waals surface area contributed by atoms with E-state index in [9.17, 15) is 14.4 Å². The molecule has 2 aliphatic heterocycles. The third-order valence-electron chi connectivity index (χ3n) is 7.93. The van der Waals surface area contributed by atoms with Crippen molar-refractivity contribution in [1.29, 1.82) is 0 Å². The van der Waals surface area contributed by atoms with Crippen molar-refractivity contribution in [2.75, 3.05) is 32.1 Å². The van der Waals surface area contributed by atoms with Gasteiger partial charge in [-0.1, -0.05) is 37.6 Å². The minimum absolute atomic E-state index is 0.00970. The van der Waals surface area contributed by atoms with E-state index in [0.717, 1.165) is 48.2 Å². The van der Waals surface area contributed by atoms with E-state index in [4.69, 9.17) is 4.74 Å². The Labute approximate surface area is 232 Å². The Balaban J connectivity index is 1.27. The summed E-state index contributed by atoms with van der Waals surface area (Å²) in [4.78, 5) is 42.9. The van der Waals surface area contributed by atoms with Crippen molar-refractivity contribution in [2.24, 2.45) is 5.92 Å². The van der Waals surface area contributed by atoms with Gasteiger partial charge < -0.3 is 25.2 Å². The SMILES string of the molecule is CCCCc1ccc(NC(=O)N2CCC[C@H]2C(=O)N2CCC(C(=O)NCc3cccc(OC)c3)CC2)c(C)c1. The molecule has 8 heteroatoms. The van der Waals surface area contributed by atoms with E-state index >= 15 is 0 Å². The minimum atomic E-state index is -0.451. The van der Waals surface area contributed by atoms with Crippen LogP contribution in [0.3, 0.4) is 0 Å². The molecule has 0 bridgehead atoms. The van der Waals surface area contributed by atoms with E-state index in [1.54, 1.807) is 12.0 Å². The monoisotopic (exact) mass is 534 g/mol. The first-order valence-corrected chi connectivity index (χ1v) is 14.3. The second-order valence-electron chi connectivity index (χ2n) is 10.7. The normalized spacial score (nSPS) is 17.7. The number of unbranched alkanes of at least 4 members (excludes halogenated alkanes) is 1. The highest BCUT2D eigenvalue weighted by atomic mass is 16.5. The fourth-order valence-corrected chi connectivity index (χ4v) is 5.54. The molecule has 2 fully saturated rings. The summed E-state index contributed by atoms with van der Waals surface area (Å²) in [7, 11) is 1.62. The summed E-state index contributed by atoms with van der Waals surface area (Å²) in [5.74, 6) is 0.650. The summed E-state index contributed by atoms with van der Waals surface area (Å²) >= 11 is 0. The third-order valence-corrected chi connectivity index (χ3v) is 7.93. The van der Waals surface area contributed by atoms with Crippen LogP contribution in [0.25, 0.3) is 0 Å². The van der Waals surface area contributed by atoms with Gasteiger partial charge in [0.05, 0.1) is 7.11 Å². The Morgan fingerprint density at radius 3 is 2.51 bits per heavy atom. The van der Waals surface area contributed by atoms with Gasteiger partial charge >= 0.3 is 6.03 Å². The van der Waals surface area contributed by atoms with Gasteiger partial charge in [-0.25, -0.2) is 4.79 Å². The number of hydrogen-bond acceptors (Lipinski definition) is 4. The molecule has 0 saturated carbocycles. The second kappa shape index (κ2) is 13.5. The summed E-state index contributed by atoms with van der Waals surface area (Å²) in [6, 6.07) is 13.1. The number of methoxy groups -OCH3 is 1. The summed E-state index contributed by atoms with van der Waals surface area (Å²) < 4.78 is 5.25. The number of likely N-dealkylation sites (tertiary alicyclic amines) is 2. The zero-order valence-corrected chi connectivity index (χ0v) is 23.5. The minimum Gasteiger partial charge on any atom is -0.497 e. The zero-order valence-electron chi connectivity index (χ0n) is 23.5. The number of piperidine rings is 1. The molecule has 1 atom stereocenters. The van der Waals surface area contributed by atoms with Crippen molar-refractivity contribution in [1.82, 2.24) is 15.1 Å². The molecule has 2 saturated heterocycles. The van der Waals surface area contributed by atoms with Gasteiger partial charge in [0, 0.05) is 37.8 Å². The van der Waals surface area contributed by atoms with Crippen LogP contribution in [0.15, 0.2) is 42.5 Å². The van der Waals surface area contributed by atoms with Crippen LogP contribution in [0.1, 0.15) is 62.1 Å². The number of ether oxygens (including phenoxy) is 1. The number of amides is 4. The van der Waals surface area contributed by atoms with Crippen molar-refractivity contribution in [2.45, 2.75) is 71.4 Å². The maximum absolute atomic E-state index is 13.4. The first kappa shape index (κ1) is 28.5. The van der Waals surface area contributed by atoms with Crippen LogP contribution in [0, 0.1) is 12.8 Å². The van der Waals surface area contributed by atoms with Gasteiger partial charge in [0.15, 0.2) is 0 Å². The van der Waals surface area contributed by atoms with Crippen LogP contribution < -0.4 is 15.4 Å². The van der Waals surface area contributed by atoms with Crippen LogP contribution in [-0.4, -0.2) is 60.4 Å². The third kappa shape index (κ3) is 7.31. The molecule has 0 unspecified atom stereocenters. The zero-order chi connectivity index (χ0) is 27.8. The number of hydrogen-bond donors (Lipinski definition) is 2. The van der Waals surface area contributed by atoms with Crippen molar-refractivity contribution >= 4 is 23.5 Å². The molecule has 8 nitrogen and oxygen atoms in total. The quantitative estimate of drug-likeness (QED) is 0.479. The number of aryl methyl sites for hydroxylation is 2. The molecule has 2 aromatic carbocycles. The van der Waals surface area contributed by atoms with Gasteiger partial charge in [0.1, 0.15) is 11.8 Å². The Morgan fingerprint density at radius 2 is 1.79 bits per heavy atom. The van der Waals surface area contributed by atoms with E-state index in [-0.39, 0.29) is 23.8 Å². The molecule has 210 valence electrons. The Bertz CT molecular complexity index is 1160. The van der Waals surface area contributed by atoms with Gasteiger partial charge in [-0.3, -0.25) is 9.59 Å². The number of rotatable bonds is 9. The lowest BCUT2D eigenvalue weighted by Gasteiger charge is -2.35. The maximum atomic E-state index is 13.4. The van der Waals surface area contributed by atoms with Gasteiger partial charge in [0.25, 0.3) is 0 Å². The first-order chi connectivity index (χ1) is 18.9. The molecule has 0 aromatic heterocycles. The Hall–Kier alpha value is -3.55. The summed E-state index contributed by atoms with van der Waals surface area (Å²) in [5.41, 5.74) is 4.08. The average molecular weight is 535 g/mol. The van der Waals surface area contributed by atoms with E-state index in [2.05, 4.69) is 29.7 Å². The predicted molar refractivity (Wildman–Crippen MR) is 153 cm³/mol. The van der Waals surface area contributed by atoms with Crippen LogP contribution >= 0.6 is 0 Å². The first-order valence-electron chi connectivity index (χ1n) is 14.3. The van der Waals surface area contributed by atoms with Crippen LogP contribution in [-0.2, 0) is 22.6 Å². The standard InChI is InChI=1S/C31H42N4O4/c1-4-5-8-23-12-13-27(22(2)19-23)33-31(38)35-16-7-11-28(35)30(37)34-17-14-25(15-18-34)29(36)32-21-24-9-6-10-26(20-24)39-3/h6,9-10,12-13,19-20,25,28H,4-5,7-8,11,14-18,21H2,1-3H3,(H,32,36)(H,33,38)/t28-/m0/s1. The van der Waals surface area contributed by atoms with Crippen molar-refractivity contribution in [3.63, 3.8) is 0 Å². The highest BCUT2D eigenvalue weighted by molar-refractivity contribution is 5.95. The number of anilines is 1. The van der Waals surface area contributed by atoms with Crippen molar-refractivity contribution in [3.8, 4) is 5.75 Å². The lowest BCUT2D eigenvalue weighted by Crippen LogP contribution is -2.51. The smallest absolute Gasteiger partial charge is 0.322 e. The van der Waals surface area contributed by atoms with Crippen molar-refractivity contribution in [3.05, 3.63) is 59.2 Å². The second-order valence-corrected chi connectivity index (χ2v) is 10.7. The largest absolute Gasteiger partial charge is 0.497 e. The Morgan fingerprint density at radius 1 is 1.00 bits per heavy atom. The number of nitrogens with one attached hydrogen (secondary N) is 2. The number of carbonyl (C=O) groups is 3. The van der Waals surface area contributed by atoms with Gasteiger partial charge in [-0.2, -0.15) is 0 Å². The summed E-state index contributed by atoms with van der Waals surface area (Å²) in [5, 5.41) is 6.06. The van der Waals surface area contributed by atoms with Crippen LogP contribution in [0.2, 0.25) is 0 Å². The fourth-order valence-electron chi connectivity index (χ4n) is 5.54. The molecule has 0 radical (unpaired) electrons. The fraction of sp³-hybridized carbons (Fsp3) is 0.516. The molecule has 2 aromatic rings. The molecule has 4 amide bonds. The van der Waals surface area contributed by atoms with Gasteiger partial charge in [-0.15, -0.1) is 0 Å². The molecular weight excluding hydrogens is 492 g/mol. The van der Waals surface area contributed by atoms with Gasteiger partial charge in [-0.05, 0) is 80.3 Å². The van der Waals surface area contributed by atoms with Crippen LogP contribution in [0.4, 0.5) is 10.5 Å². The molecular formula is C31H42N4O4. The van der Waals surface area contributed by atoms with Crippen LogP contribution in [0.5, 0.6) is 5.75 Å². The molecule has 2 heterocycles. The molecule has 2 N–H and O–H groups in total. The van der Waals surface area contributed by atoms with E-state index in [1.165, 1.54) is 5.56 Å². The summed E-state index contributed by atoms with van der Waals surface area (Å²) in [6.07, 6.45) is 6.06.